The van der Waals surface area contributed by atoms with Crippen LogP contribution in [0.4, 0.5) is 13.2 Å². The van der Waals surface area contributed by atoms with Crippen LogP contribution in [0.2, 0.25) is 0 Å². The summed E-state index contributed by atoms with van der Waals surface area (Å²) in [5, 5.41) is -1.39. The minimum Gasteiger partial charge on any atom is -0.459 e. The van der Waals surface area contributed by atoms with Gasteiger partial charge in [-0.3, -0.25) is 4.79 Å². The second kappa shape index (κ2) is 11.4. The lowest BCUT2D eigenvalue weighted by molar-refractivity contribution is -0.154. The molecule has 0 fully saturated rings. The lowest BCUT2D eigenvalue weighted by atomic mass is 10.0. The maximum atomic E-state index is 13.2. The summed E-state index contributed by atoms with van der Waals surface area (Å²) in [6, 6.07) is 13.2. The number of methoxy groups -OCH3 is 1. The summed E-state index contributed by atoms with van der Waals surface area (Å²) in [5.74, 6) is -0.824. The zero-order chi connectivity index (χ0) is 25.6. The lowest BCUT2D eigenvalue weighted by Crippen LogP contribution is -2.37. The van der Waals surface area contributed by atoms with Gasteiger partial charge in [0.2, 0.25) is 0 Å². The van der Waals surface area contributed by atoms with Crippen molar-refractivity contribution in [3.05, 3.63) is 54.1 Å². The van der Waals surface area contributed by atoms with E-state index in [2.05, 4.69) is 0 Å². The highest BCUT2D eigenvalue weighted by Gasteiger charge is 2.37. The first kappa shape index (κ1) is 27.9. The summed E-state index contributed by atoms with van der Waals surface area (Å²) in [6.45, 7) is 5.08. The van der Waals surface area contributed by atoms with Crippen LogP contribution in [0.25, 0.3) is 11.1 Å². The van der Waals surface area contributed by atoms with E-state index in [9.17, 15) is 26.4 Å². The second-order valence-corrected chi connectivity index (χ2v) is 11.2. The molecule has 9 heteroatoms. The van der Waals surface area contributed by atoms with Gasteiger partial charge in [-0.25, -0.2) is 8.42 Å². The molecule has 2 aromatic carbocycles. The fourth-order valence-corrected chi connectivity index (χ4v) is 4.90. The van der Waals surface area contributed by atoms with Crippen LogP contribution in [-0.2, 0) is 30.5 Å². The molecule has 0 spiro atoms. The van der Waals surface area contributed by atoms with Crippen molar-refractivity contribution in [1.29, 1.82) is 0 Å². The van der Waals surface area contributed by atoms with Gasteiger partial charge in [-0.05, 0) is 68.9 Å². The van der Waals surface area contributed by atoms with E-state index in [1.807, 2.05) is 0 Å². The maximum absolute atomic E-state index is 13.2. The van der Waals surface area contributed by atoms with Crippen molar-refractivity contribution in [3.63, 3.8) is 0 Å². The molecule has 2 rings (SSSR count). The minimum atomic E-state index is -4.16. The van der Waals surface area contributed by atoms with Gasteiger partial charge in [0.1, 0.15) is 5.60 Å². The van der Waals surface area contributed by atoms with E-state index in [4.69, 9.17) is 9.47 Å². The minimum absolute atomic E-state index is 0.00742. The Morgan fingerprint density at radius 1 is 0.941 bits per heavy atom. The van der Waals surface area contributed by atoms with Crippen molar-refractivity contribution in [2.45, 2.75) is 68.4 Å². The zero-order valence-corrected chi connectivity index (χ0v) is 20.6. The molecule has 0 amide bonds. The molecule has 5 nitrogen and oxygen atoms in total. The highest BCUT2D eigenvalue weighted by Crippen LogP contribution is 2.27. The Labute approximate surface area is 199 Å². The van der Waals surface area contributed by atoms with E-state index < -0.39 is 39.3 Å². The van der Waals surface area contributed by atoms with E-state index in [-0.39, 0.29) is 24.3 Å². The number of benzene rings is 2. The molecule has 0 radical (unpaired) electrons. The van der Waals surface area contributed by atoms with Crippen LogP contribution >= 0.6 is 0 Å². The first-order valence-corrected chi connectivity index (χ1v) is 12.5. The van der Waals surface area contributed by atoms with Crippen molar-refractivity contribution in [2.24, 2.45) is 0 Å². The number of carbonyl (C=O) groups is 1. The third kappa shape index (κ3) is 8.43. The Morgan fingerprint density at radius 2 is 1.47 bits per heavy atom. The molecule has 1 atom stereocenters. The molecule has 0 aliphatic rings. The normalized spacial score (nSPS) is 13.5. The molecular formula is C25H31F3O5S. The molecule has 0 heterocycles. The Balaban J connectivity index is 2.18. The van der Waals surface area contributed by atoms with Crippen LogP contribution in [0.15, 0.2) is 53.4 Å². The number of esters is 1. The van der Waals surface area contributed by atoms with Gasteiger partial charge in [-0.1, -0.05) is 36.4 Å². The highest BCUT2D eigenvalue weighted by atomic mass is 32.2. The molecule has 0 saturated carbocycles. The molecule has 1 unspecified atom stereocenters. The van der Waals surface area contributed by atoms with Crippen LogP contribution in [0.1, 0.15) is 45.6 Å². The predicted molar refractivity (Wildman–Crippen MR) is 124 cm³/mol. The van der Waals surface area contributed by atoms with Crippen molar-refractivity contribution in [1.82, 2.24) is 0 Å². The molecule has 0 saturated heterocycles. The molecule has 188 valence electrons. The van der Waals surface area contributed by atoms with E-state index in [1.165, 1.54) is 19.2 Å². The molecule has 2 aromatic rings. The van der Waals surface area contributed by atoms with Gasteiger partial charge in [0.15, 0.2) is 15.1 Å². The molecule has 0 aliphatic carbocycles. The number of halogens is 3. The zero-order valence-electron chi connectivity index (χ0n) is 19.8. The Kier molecular flexibility index (Phi) is 9.30. The molecule has 0 aromatic heterocycles. The van der Waals surface area contributed by atoms with Gasteiger partial charge in [0.05, 0.1) is 4.90 Å². The summed E-state index contributed by atoms with van der Waals surface area (Å²) >= 11 is 0. The van der Waals surface area contributed by atoms with Gasteiger partial charge < -0.3 is 9.47 Å². The monoisotopic (exact) mass is 500 g/mol. The lowest BCUT2D eigenvalue weighted by Gasteiger charge is -2.24. The number of alkyl halides is 3. The van der Waals surface area contributed by atoms with Crippen LogP contribution in [0.5, 0.6) is 0 Å². The summed E-state index contributed by atoms with van der Waals surface area (Å²) < 4.78 is 73.6. The molecular weight excluding hydrogens is 469 g/mol. The molecule has 34 heavy (non-hydrogen) atoms. The van der Waals surface area contributed by atoms with Gasteiger partial charge >= 0.3 is 12.1 Å². The number of carbonyl (C=O) groups excluding carboxylic acids is 1. The third-order valence-corrected chi connectivity index (χ3v) is 7.13. The van der Waals surface area contributed by atoms with Gasteiger partial charge in [0.25, 0.3) is 0 Å². The van der Waals surface area contributed by atoms with Crippen molar-refractivity contribution in [2.75, 3.05) is 13.7 Å². The smallest absolute Gasteiger partial charge is 0.389 e. The average Bonchev–Trinajstić information content (AvgIpc) is 2.72. The summed E-state index contributed by atoms with van der Waals surface area (Å²) in [5.41, 5.74) is 1.50. The van der Waals surface area contributed by atoms with Crippen LogP contribution in [0, 0.1) is 0 Å². The van der Waals surface area contributed by atoms with Crippen LogP contribution < -0.4 is 0 Å². The number of aryl methyl sites for hydroxylation is 1. The summed E-state index contributed by atoms with van der Waals surface area (Å²) in [4.78, 5) is 12.6. The Hall–Kier alpha value is -2.39. The average molecular weight is 501 g/mol. The van der Waals surface area contributed by atoms with Crippen LogP contribution in [0.3, 0.4) is 0 Å². The number of sulfone groups is 1. The van der Waals surface area contributed by atoms with Crippen molar-refractivity contribution < 1.29 is 35.9 Å². The Morgan fingerprint density at radius 3 is 1.94 bits per heavy atom. The fourth-order valence-electron chi connectivity index (χ4n) is 3.35. The van der Waals surface area contributed by atoms with E-state index in [1.54, 1.807) is 57.2 Å². The molecule has 0 bridgehead atoms. The van der Waals surface area contributed by atoms with Gasteiger partial charge in [-0.15, -0.1) is 0 Å². The Bertz CT molecular complexity index is 1040. The second-order valence-electron chi connectivity index (χ2n) is 9.04. The summed E-state index contributed by atoms with van der Waals surface area (Å²) in [7, 11) is -2.59. The van der Waals surface area contributed by atoms with Gasteiger partial charge in [-0.2, -0.15) is 13.2 Å². The first-order chi connectivity index (χ1) is 15.7. The maximum Gasteiger partial charge on any atom is 0.389 e. The number of ether oxygens (including phenoxy) is 2. The number of rotatable bonds is 10. The molecule has 0 N–H and O–H groups in total. The quantitative estimate of drug-likeness (QED) is 0.388. The van der Waals surface area contributed by atoms with Crippen molar-refractivity contribution >= 4 is 15.8 Å². The van der Waals surface area contributed by atoms with E-state index in [0.29, 0.717) is 6.42 Å². The highest BCUT2D eigenvalue weighted by molar-refractivity contribution is 7.92. The standard InChI is InChI=1S/C25H31F3O5S/c1-24(2,3)33-23(29)22(15-17-32-4)34(30,31)21-13-11-20(12-14-21)19-9-7-18(8-10-19)6-5-16-25(26,27)28/h7-14,22H,5-6,15-17H2,1-4H3. The largest absolute Gasteiger partial charge is 0.459 e. The SMILES string of the molecule is COCCC(C(=O)OC(C)(C)C)S(=O)(=O)c1ccc(-c2ccc(CCCC(F)(F)F)cc2)cc1. The van der Waals surface area contributed by atoms with Gasteiger partial charge in [0, 0.05) is 20.1 Å². The number of hydrogen-bond donors (Lipinski definition) is 0. The fraction of sp³-hybridized carbons (Fsp3) is 0.480. The van der Waals surface area contributed by atoms with E-state index in [0.717, 1.165) is 16.7 Å². The summed E-state index contributed by atoms with van der Waals surface area (Å²) in [6.07, 6.45) is -4.67. The van der Waals surface area contributed by atoms with E-state index >= 15 is 0 Å². The molecule has 0 aliphatic heterocycles. The number of hydrogen-bond acceptors (Lipinski definition) is 5. The predicted octanol–water partition coefficient (Wildman–Crippen LogP) is 5.76. The topological polar surface area (TPSA) is 69.7 Å². The first-order valence-electron chi connectivity index (χ1n) is 10.9. The van der Waals surface area contributed by atoms with Crippen molar-refractivity contribution in [3.8, 4) is 11.1 Å². The third-order valence-electron chi connectivity index (χ3n) is 5.02. The van der Waals surface area contributed by atoms with Crippen LogP contribution in [-0.4, -0.2) is 45.1 Å².